The van der Waals surface area contributed by atoms with Crippen molar-refractivity contribution in [2.45, 2.75) is 51.6 Å². The highest BCUT2D eigenvalue weighted by molar-refractivity contribution is 6.50. The summed E-state index contributed by atoms with van der Waals surface area (Å²) in [7, 11) is 0.663. The normalized spacial score (nSPS) is 16.6. The van der Waals surface area contributed by atoms with Gasteiger partial charge in [0.05, 0.1) is 11.7 Å². The molecule has 0 aliphatic heterocycles. The molecule has 0 spiro atoms. The lowest BCUT2D eigenvalue weighted by Gasteiger charge is -2.37. The van der Waals surface area contributed by atoms with Gasteiger partial charge in [-0.1, -0.05) is 31.5 Å². The monoisotopic (exact) mass is 225 g/mol. The third-order valence-corrected chi connectivity index (χ3v) is 3.11. The molecule has 0 bridgehead atoms. The van der Waals surface area contributed by atoms with Crippen molar-refractivity contribution >= 4 is 7.28 Å². The van der Waals surface area contributed by atoms with E-state index in [1.54, 1.807) is 32.9 Å². The Morgan fingerprint density at radius 3 is 2.12 bits per heavy atom. The molecule has 3 nitrogen and oxygen atoms in total. The molecule has 0 aromatic heterocycles. The van der Waals surface area contributed by atoms with Crippen LogP contribution in [0.5, 0.6) is 0 Å². The molecular weight excluding hydrogens is 201 g/mol. The van der Waals surface area contributed by atoms with Crippen LogP contribution in [0, 0.1) is 0 Å². The molecule has 0 heterocycles. The van der Waals surface area contributed by atoms with E-state index in [2.05, 4.69) is 0 Å². The molecule has 0 amide bonds. The largest absolute Gasteiger partial charge is 0.405 e. The van der Waals surface area contributed by atoms with E-state index in [1.165, 1.54) is 6.20 Å². The second-order valence-electron chi connectivity index (χ2n) is 5.46. The van der Waals surface area contributed by atoms with Crippen LogP contribution in [0.2, 0.25) is 5.31 Å². The topological polar surface area (TPSA) is 66.5 Å². The smallest absolute Gasteiger partial charge is 0.168 e. The summed E-state index contributed by atoms with van der Waals surface area (Å²) in [5, 5.41) is 18.9. The van der Waals surface area contributed by atoms with Gasteiger partial charge in [-0.15, -0.1) is 0 Å². The van der Waals surface area contributed by atoms with E-state index in [9.17, 15) is 5.11 Å². The molecule has 0 aromatic rings. The molecule has 4 heteroatoms. The third kappa shape index (κ3) is 4.86. The van der Waals surface area contributed by atoms with Gasteiger partial charge >= 0.3 is 0 Å². The number of aliphatic hydroxyl groups is 2. The molecule has 0 aromatic carbocycles. The second kappa shape index (κ2) is 5.55. The maximum Gasteiger partial charge on any atom is 0.168 e. The maximum absolute atomic E-state index is 10.0. The summed E-state index contributed by atoms with van der Waals surface area (Å²) in [4.78, 5) is 0. The second-order valence-corrected chi connectivity index (χ2v) is 5.46. The first-order valence-corrected chi connectivity index (χ1v) is 5.59. The van der Waals surface area contributed by atoms with Gasteiger partial charge in [-0.05, 0) is 32.3 Å². The molecule has 1 atom stereocenters. The summed E-state index contributed by atoms with van der Waals surface area (Å²) in [6.45, 7) is 9.25. The van der Waals surface area contributed by atoms with Crippen LogP contribution in [-0.4, -0.2) is 29.2 Å². The van der Waals surface area contributed by atoms with Crippen molar-refractivity contribution < 1.29 is 10.2 Å². The third-order valence-electron chi connectivity index (χ3n) is 3.11. The van der Waals surface area contributed by atoms with Gasteiger partial charge in [0.15, 0.2) is 7.28 Å². The van der Waals surface area contributed by atoms with Gasteiger partial charge in [-0.2, -0.15) is 0 Å². The average Bonchev–Trinajstić information content (AvgIpc) is 2.09. The van der Waals surface area contributed by atoms with Crippen molar-refractivity contribution in [3.05, 3.63) is 23.8 Å². The Bertz CT molecular complexity index is 275. The van der Waals surface area contributed by atoms with Crippen molar-refractivity contribution in [2.24, 2.45) is 5.73 Å². The molecule has 92 valence electrons. The Kier molecular flexibility index (Phi) is 5.30. The van der Waals surface area contributed by atoms with Crippen molar-refractivity contribution in [2.75, 3.05) is 0 Å². The Morgan fingerprint density at radius 1 is 1.31 bits per heavy atom. The van der Waals surface area contributed by atoms with Gasteiger partial charge in [-0.25, -0.2) is 0 Å². The quantitative estimate of drug-likeness (QED) is 0.485. The summed E-state index contributed by atoms with van der Waals surface area (Å²) >= 11 is 0. The van der Waals surface area contributed by atoms with Crippen molar-refractivity contribution in [1.82, 2.24) is 0 Å². The van der Waals surface area contributed by atoms with Crippen LogP contribution in [0.1, 0.15) is 34.6 Å². The first kappa shape index (κ1) is 15.3. The van der Waals surface area contributed by atoms with Crippen molar-refractivity contribution in [3.8, 4) is 0 Å². The van der Waals surface area contributed by atoms with Crippen LogP contribution in [0.15, 0.2) is 23.8 Å². The number of aliphatic hydroxyl groups excluding tert-OH is 1. The van der Waals surface area contributed by atoms with Crippen LogP contribution in [-0.2, 0) is 0 Å². The molecule has 0 fully saturated rings. The Balaban J connectivity index is 4.70. The SMILES string of the molecule is CC(O)/C=C\C(BC(C)(C)C(C)(C)O)=C/N. The minimum absolute atomic E-state index is 0.277. The molecule has 4 N–H and O–H groups in total. The van der Waals surface area contributed by atoms with Gasteiger partial charge in [0, 0.05) is 0 Å². The number of hydrogen-bond acceptors (Lipinski definition) is 3. The zero-order valence-corrected chi connectivity index (χ0v) is 11.0. The first-order chi connectivity index (χ1) is 7.10. The summed E-state index contributed by atoms with van der Waals surface area (Å²) < 4.78 is 0. The van der Waals surface area contributed by atoms with E-state index in [4.69, 9.17) is 10.8 Å². The van der Waals surface area contributed by atoms with Gasteiger partial charge in [0.2, 0.25) is 0 Å². The fourth-order valence-corrected chi connectivity index (χ4v) is 1.16. The Morgan fingerprint density at radius 2 is 1.81 bits per heavy atom. The maximum atomic E-state index is 10.0. The molecular formula is C12H24BNO2. The molecule has 0 aliphatic rings. The minimum atomic E-state index is -0.778. The standard InChI is InChI=1S/C12H24BNO2/c1-9(15)6-7-10(8-14)13-11(2,3)12(4,5)16/h6-9,13,15-16H,14H2,1-5H3/b7-6-,10-8+. The highest BCUT2D eigenvalue weighted by atomic mass is 16.3. The summed E-state index contributed by atoms with van der Waals surface area (Å²) in [5.74, 6) is 0. The predicted octanol–water partition coefficient (Wildman–Crippen LogP) is 1.13. The van der Waals surface area contributed by atoms with E-state index in [0.717, 1.165) is 5.47 Å². The van der Waals surface area contributed by atoms with E-state index in [1.807, 2.05) is 13.8 Å². The van der Waals surface area contributed by atoms with E-state index >= 15 is 0 Å². The van der Waals surface area contributed by atoms with Gasteiger partial charge in [-0.3, -0.25) is 0 Å². The van der Waals surface area contributed by atoms with Crippen LogP contribution >= 0.6 is 0 Å². The molecule has 0 saturated heterocycles. The summed E-state index contributed by atoms with van der Waals surface area (Å²) in [6, 6.07) is 0. The molecule has 0 rings (SSSR count). The number of allylic oxidation sites excluding steroid dienone is 2. The van der Waals surface area contributed by atoms with E-state index in [0.29, 0.717) is 7.28 Å². The van der Waals surface area contributed by atoms with Crippen LogP contribution in [0.4, 0.5) is 0 Å². The fraction of sp³-hybridized carbons (Fsp3) is 0.667. The zero-order chi connectivity index (χ0) is 13.0. The summed E-state index contributed by atoms with van der Waals surface area (Å²) in [5.41, 5.74) is 5.67. The van der Waals surface area contributed by atoms with Gasteiger partial charge in [0.25, 0.3) is 0 Å². The Labute approximate surface area is 99.3 Å². The highest BCUT2D eigenvalue weighted by Crippen LogP contribution is 2.38. The van der Waals surface area contributed by atoms with E-state index < -0.39 is 11.7 Å². The van der Waals surface area contributed by atoms with Crippen molar-refractivity contribution in [1.29, 1.82) is 0 Å². The lowest BCUT2D eigenvalue weighted by Crippen LogP contribution is -2.38. The average molecular weight is 225 g/mol. The number of hydrogen-bond donors (Lipinski definition) is 3. The molecule has 16 heavy (non-hydrogen) atoms. The lowest BCUT2D eigenvalue weighted by atomic mass is 9.44. The first-order valence-electron chi connectivity index (χ1n) is 5.59. The molecule has 1 unspecified atom stereocenters. The molecule has 0 aliphatic carbocycles. The predicted molar refractivity (Wildman–Crippen MR) is 70.6 cm³/mol. The molecule has 0 saturated carbocycles. The van der Waals surface area contributed by atoms with E-state index in [-0.39, 0.29) is 5.31 Å². The van der Waals surface area contributed by atoms with Crippen LogP contribution in [0.25, 0.3) is 0 Å². The summed E-state index contributed by atoms with van der Waals surface area (Å²) in [6.07, 6.45) is 4.52. The van der Waals surface area contributed by atoms with Gasteiger partial charge in [0.1, 0.15) is 0 Å². The highest BCUT2D eigenvalue weighted by Gasteiger charge is 2.35. The van der Waals surface area contributed by atoms with Crippen molar-refractivity contribution in [3.63, 3.8) is 0 Å². The number of rotatable bonds is 5. The number of nitrogens with two attached hydrogens (primary N) is 1. The van der Waals surface area contributed by atoms with Crippen LogP contribution in [0.3, 0.4) is 0 Å². The zero-order valence-electron chi connectivity index (χ0n) is 11.0. The lowest BCUT2D eigenvalue weighted by molar-refractivity contribution is 0.0408. The van der Waals surface area contributed by atoms with Gasteiger partial charge < -0.3 is 15.9 Å². The minimum Gasteiger partial charge on any atom is -0.405 e. The van der Waals surface area contributed by atoms with Crippen LogP contribution < -0.4 is 5.73 Å². The molecule has 0 radical (unpaired) electrons. The Hall–Kier alpha value is -0.735. The fourth-order valence-electron chi connectivity index (χ4n) is 1.16.